The molecule has 1 amide bonds. The number of unbranched alkanes of at least 4 members (excludes halogenated alkanes) is 3. The van der Waals surface area contributed by atoms with Crippen LogP contribution in [0.15, 0.2) is 15.7 Å². The second kappa shape index (κ2) is 10.0. The number of nitrogens with zero attached hydrogens (tertiary/aromatic N) is 3. The maximum atomic E-state index is 13.3. The van der Waals surface area contributed by atoms with Gasteiger partial charge < -0.3 is 10.3 Å². The molecule has 0 unspecified atom stereocenters. The zero-order valence-corrected chi connectivity index (χ0v) is 18.4. The van der Waals surface area contributed by atoms with E-state index in [-0.39, 0.29) is 33.9 Å². The summed E-state index contributed by atoms with van der Waals surface area (Å²) >= 11 is 12.2. The number of nitrogen functional groups attached to an aromatic ring is 1. The number of halogens is 2. The molecule has 0 bridgehead atoms. The van der Waals surface area contributed by atoms with Crippen LogP contribution in [0.3, 0.4) is 0 Å². The third-order valence-electron chi connectivity index (χ3n) is 4.79. The normalized spacial score (nSPS) is 11.1. The number of nitrogens with two attached hydrogens (primary N) is 1. The summed E-state index contributed by atoms with van der Waals surface area (Å²) in [6.45, 7) is 4.64. The van der Waals surface area contributed by atoms with Crippen LogP contribution in [0.25, 0.3) is 0 Å². The Labute approximate surface area is 179 Å². The number of carbonyl (C=O) groups is 1. The van der Waals surface area contributed by atoms with Crippen LogP contribution >= 0.6 is 23.2 Å². The molecule has 0 aliphatic rings. The average molecular weight is 444 g/mol. The summed E-state index contributed by atoms with van der Waals surface area (Å²) in [5.41, 5.74) is 5.12. The number of amides is 1. The molecule has 0 fully saturated rings. The van der Waals surface area contributed by atoms with Crippen molar-refractivity contribution in [3.8, 4) is 0 Å². The minimum absolute atomic E-state index is 0.0246. The first kappa shape index (κ1) is 23.1. The first-order valence-electron chi connectivity index (χ1n) is 9.69. The first-order chi connectivity index (χ1) is 13.7. The standard InChI is InChI=1S/C19H27Cl2N5O3/c1-4-6-8-10-25(18(28)13-11-12(20)15(21)24(13)3)14-16(22)26(9-7-5-2)19(29)23-17(14)27/h11H,4-10,22H2,1-3H3,(H,23,27,29). The van der Waals surface area contributed by atoms with Crippen molar-refractivity contribution in [3.63, 3.8) is 0 Å². The van der Waals surface area contributed by atoms with Gasteiger partial charge in [0.05, 0.1) is 5.02 Å². The molecule has 29 heavy (non-hydrogen) atoms. The van der Waals surface area contributed by atoms with Crippen LogP contribution in [0.5, 0.6) is 0 Å². The van der Waals surface area contributed by atoms with Gasteiger partial charge in [-0.3, -0.25) is 24.0 Å². The number of anilines is 2. The third-order valence-corrected chi connectivity index (χ3v) is 5.63. The first-order valence-corrected chi connectivity index (χ1v) is 10.4. The van der Waals surface area contributed by atoms with Gasteiger partial charge in [0, 0.05) is 20.1 Å². The number of hydrogen-bond donors (Lipinski definition) is 2. The van der Waals surface area contributed by atoms with E-state index in [4.69, 9.17) is 28.9 Å². The second-order valence-corrected chi connectivity index (χ2v) is 7.65. The molecule has 8 nitrogen and oxygen atoms in total. The van der Waals surface area contributed by atoms with Gasteiger partial charge in [0.2, 0.25) is 0 Å². The number of aromatic amines is 1. The SMILES string of the molecule is CCCCCN(C(=O)c1cc(Cl)c(Cl)n1C)c1c(N)n(CCCC)c(=O)[nH]c1=O. The molecule has 0 spiro atoms. The fourth-order valence-electron chi connectivity index (χ4n) is 3.10. The fraction of sp³-hybridized carbons (Fsp3) is 0.526. The molecular weight excluding hydrogens is 417 g/mol. The number of H-pyrrole nitrogens is 1. The Kier molecular flexibility index (Phi) is 7.98. The minimum atomic E-state index is -0.698. The van der Waals surface area contributed by atoms with Gasteiger partial charge in [-0.2, -0.15) is 0 Å². The van der Waals surface area contributed by atoms with E-state index in [2.05, 4.69) is 4.98 Å². The van der Waals surface area contributed by atoms with E-state index in [1.807, 2.05) is 13.8 Å². The Bertz CT molecular complexity index is 993. The van der Waals surface area contributed by atoms with Gasteiger partial charge in [-0.1, -0.05) is 56.3 Å². The topological polar surface area (TPSA) is 106 Å². The lowest BCUT2D eigenvalue weighted by molar-refractivity contribution is 0.0978. The van der Waals surface area contributed by atoms with Gasteiger partial charge >= 0.3 is 5.69 Å². The van der Waals surface area contributed by atoms with Crippen LogP contribution in [-0.4, -0.2) is 26.6 Å². The molecular formula is C19H27Cl2N5O3. The minimum Gasteiger partial charge on any atom is -0.383 e. The molecule has 0 atom stereocenters. The summed E-state index contributed by atoms with van der Waals surface area (Å²) in [7, 11) is 1.61. The number of rotatable bonds is 9. The van der Waals surface area contributed by atoms with Crippen LogP contribution in [0, 0.1) is 0 Å². The smallest absolute Gasteiger partial charge is 0.330 e. The van der Waals surface area contributed by atoms with Gasteiger partial charge in [-0.05, 0) is 18.9 Å². The van der Waals surface area contributed by atoms with E-state index in [1.54, 1.807) is 7.05 Å². The predicted octanol–water partition coefficient (Wildman–Crippen LogP) is 3.40. The van der Waals surface area contributed by atoms with E-state index in [1.165, 1.54) is 20.1 Å². The van der Waals surface area contributed by atoms with Crippen LogP contribution < -0.4 is 21.9 Å². The van der Waals surface area contributed by atoms with Crippen molar-refractivity contribution in [2.24, 2.45) is 7.05 Å². The molecule has 0 aliphatic heterocycles. The van der Waals surface area contributed by atoms with E-state index in [0.29, 0.717) is 19.4 Å². The van der Waals surface area contributed by atoms with Gasteiger partial charge in [0.15, 0.2) is 5.69 Å². The highest BCUT2D eigenvalue weighted by Crippen LogP contribution is 2.28. The predicted molar refractivity (Wildman–Crippen MR) is 117 cm³/mol. The highest BCUT2D eigenvalue weighted by atomic mass is 35.5. The Hall–Kier alpha value is -2.19. The van der Waals surface area contributed by atoms with E-state index in [9.17, 15) is 14.4 Å². The zero-order valence-electron chi connectivity index (χ0n) is 16.9. The largest absolute Gasteiger partial charge is 0.383 e. The van der Waals surface area contributed by atoms with E-state index < -0.39 is 17.2 Å². The van der Waals surface area contributed by atoms with Crippen molar-refractivity contribution < 1.29 is 4.79 Å². The fourth-order valence-corrected chi connectivity index (χ4v) is 3.47. The molecule has 2 heterocycles. The maximum absolute atomic E-state index is 13.3. The van der Waals surface area contributed by atoms with Crippen LogP contribution in [0.1, 0.15) is 56.4 Å². The zero-order chi connectivity index (χ0) is 21.7. The molecule has 0 saturated heterocycles. The summed E-state index contributed by atoms with van der Waals surface area (Å²) in [5, 5.41) is 0.458. The Morgan fingerprint density at radius 3 is 2.38 bits per heavy atom. The monoisotopic (exact) mass is 443 g/mol. The summed E-state index contributed by atoms with van der Waals surface area (Å²) < 4.78 is 2.75. The quantitative estimate of drug-likeness (QED) is 0.578. The number of hydrogen-bond acceptors (Lipinski definition) is 4. The van der Waals surface area contributed by atoms with Crippen molar-refractivity contribution in [2.75, 3.05) is 17.2 Å². The Morgan fingerprint density at radius 2 is 1.83 bits per heavy atom. The molecule has 2 aromatic rings. The number of nitrogens with one attached hydrogen (secondary N) is 1. The van der Waals surface area contributed by atoms with E-state index in [0.717, 1.165) is 19.3 Å². The molecule has 0 saturated carbocycles. The lowest BCUT2D eigenvalue weighted by Gasteiger charge is -2.24. The molecule has 10 heteroatoms. The number of aromatic nitrogens is 3. The average Bonchev–Trinajstić information content (AvgIpc) is 2.93. The number of carbonyl (C=O) groups excluding carboxylic acids is 1. The van der Waals surface area contributed by atoms with Crippen molar-refractivity contribution in [3.05, 3.63) is 42.8 Å². The van der Waals surface area contributed by atoms with Gasteiger partial charge in [0.25, 0.3) is 11.5 Å². The molecule has 160 valence electrons. The second-order valence-electron chi connectivity index (χ2n) is 6.89. The Balaban J connectivity index is 2.60. The van der Waals surface area contributed by atoms with Gasteiger partial charge in [0.1, 0.15) is 16.7 Å². The molecule has 2 aromatic heterocycles. The van der Waals surface area contributed by atoms with Crippen molar-refractivity contribution in [1.29, 1.82) is 0 Å². The Morgan fingerprint density at radius 1 is 1.17 bits per heavy atom. The molecule has 0 aromatic carbocycles. The van der Waals surface area contributed by atoms with Gasteiger partial charge in [-0.25, -0.2) is 4.79 Å². The molecule has 3 N–H and O–H groups in total. The summed E-state index contributed by atoms with van der Waals surface area (Å²) in [6.07, 6.45) is 4.03. The maximum Gasteiger partial charge on any atom is 0.330 e. The third kappa shape index (κ3) is 4.87. The summed E-state index contributed by atoms with van der Waals surface area (Å²) in [6, 6.07) is 1.45. The highest BCUT2D eigenvalue weighted by molar-refractivity contribution is 6.42. The van der Waals surface area contributed by atoms with E-state index >= 15 is 0 Å². The highest BCUT2D eigenvalue weighted by Gasteiger charge is 2.27. The van der Waals surface area contributed by atoms with Crippen molar-refractivity contribution in [2.45, 2.75) is 52.5 Å². The van der Waals surface area contributed by atoms with Crippen LogP contribution in [0.4, 0.5) is 11.5 Å². The lowest BCUT2D eigenvalue weighted by Crippen LogP contribution is -2.42. The van der Waals surface area contributed by atoms with Crippen molar-refractivity contribution in [1.82, 2.24) is 14.1 Å². The molecule has 0 aliphatic carbocycles. The summed E-state index contributed by atoms with van der Waals surface area (Å²) in [5.74, 6) is -0.487. The lowest BCUT2D eigenvalue weighted by atomic mass is 10.2. The summed E-state index contributed by atoms with van der Waals surface area (Å²) in [4.78, 5) is 41.8. The van der Waals surface area contributed by atoms with Crippen LogP contribution in [0.2, 0.25) is 10.2 Å². The molecule has 0 radical (unpaired) electrons. The van der Waals surface area contributed by atoms with Gasteiger partial charge in [-0.15, -0.1) is 0 Å². The molecule has 2 rings (SSSR count). The van der Waals surface area contributed by atoms with Crippen molar-refractivity contribution >= 4 is 40.6 Å². The van der Waals surface area contributed by atoms with Crippen LogP contribution in [-0.2, 0) is 13.6 Å².